The van der Waals surface area contributed by atoms with Gasteiger partial charge in [-0.1, -0.05) is 29.8 Å². The monoisotopic (exact) mass is 319 g/mol. The highest BCUT2D eigenvalue weighted by atomic mass is 35.5. The van der Waals surface area contributed by atoms with Crippen molar-refractivity contribution < 1.29 is 14.0 Å². The number of anilines is 1. The van der Waals surface area contributed by atoms with E-state index in [0.717, 1.165) is 6.07 Å². The van der Waals surface area contributed by atoms with Crippen LogP contribution in [0.15, 0.2) is 53.6 Å². The van der Waals surface area contributed by atoms with E-state index in [1.54, 1.807) is 24.3 Å². The second-order valence-electron chi connectivity index (χ2n) is 4.22. The molecule has 0 heterocycles. The van der Waals surface area contributed by atoms with E-state index >= 15 is 0 Å². The maximum Gasteiger partial charge on any atom is 0.329 e. The Bertz CT molecular complexity index is 717. The predicted octanol–water partition coefficient (Wildman–Crippen LogP) is 2.57. The molecule has 0 aliphatic carbocycles. The van der Waals surface area contributed by atoms with Gasteiger partial charge in [0, 0.05) is 10.7 Å². The van der Waals surface area contributed by atoms with Crippen LogP contribution in [0.25, 0.3) is 0 Å². The summed E-state index contributed by atoms with van der Waals surface area (Å²) in [5.74, 6) is -2.42. The van der Waals surface area contributed by atoms with E-state index in [4.69, 9.17) is 11.6 Å². The highest BCUT2D eigenvalue weighted by Gasteiger charge is 2.12. The Balaban J connectivity index is 1.89. The molecular weight excluding hydrogens is 309 g/mol. The largest absolute Gasteiger partial charge is 0.329 e. The third-order valence-corrected chi connectivity index (χ3v) is 2.79. The Morgan fingerprint density at radius 2 is 1.82 bits per heavy atom. The summed E-state index contributed by atoms with van der Waals surface area (Å²) in [6.07, 6.45) is 1.36. The Kier molecular flexibility index (Phi) is 5.21. The lowest BCUT2D eigenvalue weighted by atomic mass is 10.2. The van der Waals surface area contributed by atoms with Gasteiger partial charge in [-0.2, -0.15) is 5.10 Å². The zero-order chi connectivity index (χ0) is 15.9. The standard InChI is InChI=1S/C15H11ClFN3O2/c16-11-6-4-10(5-7-11)9-18-20-15(22)14(21)19-13-3-1-2-12(17)8-13/h1-9H,(H,19,21)(H,20,22). The number of carbonyl (C=O) groups excluding carboxylic acids is 2. The minimum atomic E-state index is -0.963. The van der Waals surface area contributed by atoms with Crippen LogP contribution in [0.1, 0.15) is 5.56 Å². The molecule has 0 fully saturated rings. The second kappa shape index (κ2) is 7.33. The molecule has 2 N–H and O–H groups in total. The highest BCUT2D eigenvalue weighted by molar-refractivity contribution is 6.39. The van der Waals surface area contributed by atoms with Gasteiger partial charge in [0.2, 0.25) is 0 Å². The van der Waals surface area contributed by atoms with Gasteiger partial charge in [0.25, 0.3) is 0 Å². The van der Waals surface area contributed by atoms with Gasteiger partial charge in [0.1, 0.15) is 5.82 Å². The number of carbonyl (C=O) groups is 2. The summed E-state index contributed by atoms with van der Waals surface area (Å²) in [5.41, 5.74) is 2.96. The summed E-state index contributed by atoms with van der Waals surface area (Å²) < 4.78 is 13.0. The normalized spacial score (nSPS) is 10.5. The summed E-state index contributed by atoms with van der Waals surface area (Å²) in [4.78, 5) is 23.1. The summed E-state index contributed by atoms with van der Waals surface area (Å²) in [5, 5.41) is 6.48. The van der Waals surface area contributed by atoms with Crippen molar-refractivity contribution in [3.63, 3.8) is 0 Å². The Hall–Kier alpha value is -2.73. The summed E-state index contributed by atoms with van der Waals surface area (Å²) in [7, 11) is 0. The molecule has 7 heteroatoms. The van der Waals surface area contributed by atoms with Crippen molar-refractivity contribution in [2.75, 3.05) is 5.32 Å². The first-order chi connectivity index (χ1) is 10.5. The zero-order valence-electron chi connectivity index (χ0n) is 11.2. The molecule has 5 nitrogen and oxygen atoms in total. The van der Waals surface area contributed by atoms with Gasteiger partial charge in [0.05, 0.1) is 6.21 Å². The molecule has 0 aliphatic heterocycles. The average molecular weight is 320 g/mol. The van der Waals surface area contributed by atoms with Crippen LogP contribution < -0.4 is 10.7 Å². The average Bonchev–Trinajstić information content (AvgIpc) is 2.49. The van der Waals surface area contributed by atoms with Crippen LogP contribution in [0.4, 0.5) is 10.1 Å². The molecule has 0 bridgehead atoms. The van der Waals surface area contributed by atoms with Gasteiger partial charge in [-0.15, -0.1) is 0 Å². The van der Waals surface area contributed by atoms with Gasteiger partial charge in [0.15, 0.2) is 0 Å². The van der Waals surface area contributed by atoms with Crippen molar-refractivity contribution in [3.8, 4) is 0 Å². The van der Waals surface area contributed by atoms with E-state index in [0.29, 0.717) is 10.6 Å². The van der Waals surface area contributed by atoms with Crippen LogP contribution in [0.5, 0.6) is 0 Å². The number of hydrogen-bond acceptors (Lipinski definition) is 3. The number of amides is 2. The molecule has 2 aromatic carbocycles. The van der Waals surface area contributed by atoms with Crippen molar-refractivity contribution in [2.45, 2.75) is 0 Å². The quantitative estimate of drug-likeness (QED) is 0.518. The lowest BCUT2D eigenvalue weighted by Gasteiger charge is -2.03. The van der Waals surface area contributed by atoms with Gasteiger partial charge < -0.3 is 5.32 Å². The van der Waals surface area contributed by atoms with Gasteiger partial charge in [-0.05, 0) is 35.9 Å². The Labute approximate surface area is 130 Å². The number of hydrogen-bond donors (Lipinski definition) is 2. The van der Waals surface area contributed by atoms with E-state index in [-0.39, 0.29) is 5.69 Å². The van der Waals surface area contributed by atoms with Crippen LogP contribution in [-0.4, -0.2) is 18.0 Å². The molecule has 0 spiro atoms. The minimum absolute atomic E-state index is 0.182. The Morgan fingerprint density at radius 1 is 1.09 bits per heavy atom. The number of benzene rings is 2. The van der Waals surface area contributed by atoms with Gasteiger partial charge >= 0.3 is 11.8 Å². The van der Waals surface area contributed by atoms with Gasteiger partial charge in [-0.3, -0.25) is 9.59 Å². The number of nitrogens with zero attached hydrogens (tertiary/aromatic N) is 1. The number of halogens is 2. The molecule has 0 saturated heterocycles. The molecule has 2 aromatic rings. The molecule has 112 valence electrons. The van der Waals surface area contributed by atoms with Crippen molar-refractivity contribution >= 4 is 35.3 Å². The van der Waals surface area contributed by atoms with E-state index in [1.807, 2.05) is 0 Å². The van der Waals surface area contributed by atoms with Crippen molar-refractivity contribution in [2.24, 2.45) is 5.10 Å². The maximum atomic E-state index is 13.0. The first-order valence-corrected chi connectivity index (χ1v) is 6.58. The molecule has 0 aliphatic rings. The second-order valence-corrected chi connectivity index (χ2v) is 4.65. The first kappa shape index (κ1) is 15.7. The Morgan fingerprint density at radius 3 is 2.50 bits per heavy atom. The van der Waals surface area contributed by atoms with Crippen molar-refractivity contribution in [3.05, 3.63) is 64.9 Å². The molecule has 0 saturated carbocycles. The smallest absolute Gasteiger partial charge is 0.318 e. The predicted molar refractivity (Wildman–Crippen MR) is 82.2 cm³/mol. The van der Waals surface area contributed by atoms with Crippen molar-refractivity contribution in [1.82, 2.24) is 5.43 Å². The van der Waals surface area contributed by atoms with E-state index in [9.17, 15) is 14.0 Å². The van der Waals surface area contributed by atoms with Crippen LogP contribution >= 0.6 is 11.6 Å². The van der Waals surface area contributed by atoms with Gasteiger partial charge in [-0.25, -0.2) is 9.82 Å². The van der Waals surface area contributed by atoms with Crippen LogP contribution in [0, 0.1) is 5.82 Å². The molecule has 2 rings (SSSR count). The lowest BCUT2D eigenvalue weighted by Crippen LogP contribution is -2.32. The van der Waals surface area contributed by atoms with Crippen molar-refractivity contribution in [1.29, 1.82) is 0 Å². The number of nitrogens with one attached hydrogen (secondary N) is 2. The highest BCUT2D eigenvalue weighted by Crippen LogP contribution is 2.09. The van der Waals surface area contributed by atoms with Crippen LogP contribution in [0.3, 0.4) is 0 Å². The molecule has 0 aromatic heterocycles. The number of hydrazone groups is 1. The lowest BCUT2D eigenvalue weighted by molar-refractivity contribution is -0.136. The fourth-order valence-corrected chi connectivity index (χ4v) is 1.65. The molecule has 0 unspecified atom stereocenters. The van der Waals surface area contributed by atoms with E-state index in [2.05, 4.69) is 15.8 Å². The summed E-state index contributed by atoms with van der Waals surface area (Å²) in [6, 6.07) is 11.9. The topological polar surface area (TPSA) is 70.6 Å². The summed E-state index contributed by atoms with van der Waals surface area (Å²) >= 11 is 5.73. The van der Waals surface area contributed by atoms with E-state index in [1.165, 1.54) is 24.4 Å². The fraction of sp³-hybridized carbons (Fsp3) is 0. The molecule has 2 amide bonds. The maximum absolute atomic E-state index is 13.0. The SMILES string of the molecule is O=C(NN=Cc1ccc(Cl)cc1)C(=O)Nc1cccc(F)c1. The summed E-state index contributed by atoms with van der Waals surface area (Å²) in [6.45, 7) is 0. The van der Waals surface area contributed by atoms with E-state index < -0.39 is 17.6 Å². The number of rotatable bonds is 3. The third-order valence-electron chi connectivity index (χ3n) is 2.54. The molecule has 0 atom stereocenters. The van der Waals surface area contributed by atoms with Crippen LogP contribution in [0.2, 0.25) is 5.02 Å². The fourth-order valence-electron chi connectivity index (χ4n) is 1.52. The van der Waals surface area contributed by atoms with Crippen LogP contribution in [-0.2, 0) is 9.59 Å². The third kappa shape index (κ3) is 4.68. The molecule has 0 radical (unpaired) electrons. The zero-order valence-corrected chi connectivity index (χ0v) is 12.0. The first-order valence-electron chi connectivity index (χ1n) is 6.20. The minimum Gasteiger partial charge on any atom is -0.318 e. The molecule has 22 heavy (non-hydrogen) atoms. The molecular formula is C15H11ClFN3O2.